The summed E-state index contributed by atoms with van der Waals surface area (Å²) in [6.45, 7) is 13.0. The zero-order valence-electron chi connectivity index (χ0n) is 13.1. The van der Waals surface area contributed by atoms with Gasteiger partial charge in [-0.15, -0.1) is 0 Å². The zero-order valence-corrected chi connectivity index (χ0v) is 13.1. The molecule has 0 N–H and O–H groups in total. The van der Waals surface area contributed by atoms with Gasteiger partial charge < -0.3 is 4.90 Å². The highest BCUT2D eigenvalue weighted by atomic mass is 16.2. The van der Waals surface area contributed by atoms with Crippen molar-refractivity contribution >= 4 is 5.91 Å². The topological polar surface area (TPSA) is 23.6 Å². The minimum atomic E-state index is -0.313. The maximum Gasteiger partial charge on any atom is 0.242 e. The molecule has 0 aromatic carbocycles. The molecular weight excluding hydrogens is 236 g/mol. The maximum atomic E-state index is 12.7. The van der Waals surface area contributed by atoms with E-state index in [0.29, 0.717) is 5.91 Å². The maximum absolute atomic E-state index is 12.7. The number of hydrogen-bond acceptors (Lipinski definition) is 2. The molecular formula is C16H30N2O. The Balaban J connectivity index is 1.94. The van der Waals surface area contributed by atoms with Crippen LogP contribution in [0.2, 0.25) is 0 Å². The van der Waals surface area contributed by atoms with Crippen molar-refractivity contribution in [2.45, 2.75) is 58.9 Å². The molecule has 2 heterocycles. The molecule has 0 saturated carbocycles. The highest BCUT2D eigenvalue weighted by molar-refractivity contribution is 5.85. The lowest BCUT2D eigenvalue weighted by Gasteiger charge is -2.44. The lowest BCUT2D eigenvalue weighted by molar-refractivity contribution is -0.142. The van der Waals surface area contributed by atoms with Crippen molar-refractivity contribution < 1.29 is 4.79 Å². The van der Waals surface area contributed by atoms with Gasteiger partial charge in [-0.1, -0.05) is 13.8 Å². The first kappa shape index (κ1) is 14.8. The third kappa shape index (κ3) is 3.13. The summed E-state index contributed by atoms with van der Waals surface area (Å²) in [6.07, 6.45) is 4.84. The van der Waals surface area contributed by atoms with Crippen LogP contribution in [0.25, 0.3) is 0 Å². The molecule has 2 rings (SSSR count). The predicted octanol–water partition coefficient (Wildman–Crippen LogP) is 2.76. The summed E-state index contributed by atoms with van der Waals surface area (Å²) in [5, 5.41) is 0. The number of carbonyl (C=O) groups is 1. The van der Waals surface area contributed by atoms with Crippen LogP contribution >= 0.6 is 0 Å². The Labute approximate surface area is 118 Å². The van der Waals surface area contributed by atoms with Gasteiger partial charge in [-0.2, -0.15) is 0 Å². The van der Waals surface area contributed by atoms with Gasteiger partial charge in [0.15, 0.2) is 0 Å². The average molecular weight is 266 g/mol. The average Bonchev–Trinajstić information content (AvgIpc) is 2.91. The van der Waals surface area contributed by atoms with Crippen molar-refractivity contribution in [3.63, 3.8) is 0 Å². The quantitative estimate of drug-likeness (QED) is 0.784. The van der Waals surface area contributed by atoms with E-state index in [9.17, 15) is 4.79 Å². The number of piperidine rings is 1. The largest absolute Gasteiger partial charge is 0.341 e. The zero-order chi connectivity index (χ0) is 14.0. The number of hydrogen-bond donors (Lipinski definition) is 0. The van der Waals surface area contributed by atoms with Gasteiger partial charge in [-0.05, 0) is 64.5 Å². The van der Waals surface area contributed by atoms with Crippen LogP contribution in [0.4, 0.5) is 0 Å². The van der Waals surface area contributed by atoms with Crippen molar-refractivity contribution in [2.24, 2.45) is 11.8 Å². The third-order valence-electron chi connectivity index (χ3n) is 5.19. The minimum absolute atomic E-state index is 0.313. The highest BCUT2D eigenvalue weighted by Crippen LogP contribution is 2.30. The number of nitrogens with zero attached hydrogens (tertiary/aromatic N) is 2. The molecule has 19 heavy (non-hydrogen) atoms. The van der Waals surface area contributed by atoms with E-state index in [2.05, 4.69) is 37.5 Å². The summed E-state index contributed by atoms with van der Waals surface area (Å²) in [4.78, 5) is 17.1. The number of likely N-dealkylation sites (tertiary alicyclic amines) is 2. The minimum Gasteiger partial charge on any atom is -0.341 e. The number of rotatable bonds is 3. The molecule has 2 aliphatic heterocycles. The van der Waals surface area contributed by atoms with Gasteiger partial charge in [0, 0.05) is 13.1 Å². The molecule has 2 saturated heterocycles. The van der Waals surface area contributed by atoms with Gasteiger partial charge in [0.1, 0.15) is 0 Å². The van der Waals surface area contributed by atoms with Crippen LogP contribution in [0.1, 0.15) is 53.4 Å². The van der Waals surface area contributed by atoms with Crippen molar-refractivity contribution in [2.75, 3.05) is 26.2 Å². The van der Waals surface area contributed by atoms with E-state index < -0.39 is 0 Å². The second-order valence-electron chi connectivity index (χ2n) is 7.13. The molecule has 0 radical (unpaired) electrons. The Hall–Kier alpha value is -0.570. The molecule has 0 bridgehead atoms. The van der Waals surface area contributed by atoms with Crippen molar-refractivity contribution in [3.05, 3.63) is 0 Å². The summed E-state index contributed by atoms with van der Waals surface area (Å²) in [6, 6.07) is 0. The SMILES string of the molecule is CC(C)C1CCN(C(C)(C)C(=O)N2CCCC2)CC1. The molecule has 3 heteroatoms. The molecule has 0 spiro atoms. The first-order valence-corrected chi connectivity index (χ1v) is 7.97. The van der Waals surface area contributed by atoms with Gasteiger partial charge in [-0.3, -0.25) is 9.69 Å². The van der Waals surface area contributed by atoms with E-state index in [1.54, 1.807) is 0 Å². The van der Waals surface area contributed by atoms with Gasteiger partial charge in [-0.25, -0.2) is 0 Å². The Bertz CT molecular complexity index is 311. The van der Waals surface area contributed by atoms with Gasteiger partial charge in [0.05, 0.1) is 5.54 Å². The molecule has 2 aliphatic rings. The lowest BCUT2D eigenvalue weighted by Crippen LogP contribution is -2.57. The van der Waals surface area contributed by atoms with Gasteiger partial charge >= 0.3 is 0 Å². The fourth-order valence-corrected chi connectivity index (χ4v) is 3.57. The van der Waals surface area contributed by atoms with E-state index in [1.807, 2.05) is 0 Å². The van der Waals surface area contributed by atoms with Crippen molar-refractivity contribution in [1.82, 2.24) is 9.80 Å². The van der Waals surface area contributed by atoms with E-state index in [1.165, 1.54) is 25.7 Å². The van der Waals surface area contributed by atoms with Crippen LogP contribution < -0.4 is 0 Å². The van der Waals surface area contributed by atoms with Crippen LogP contribution in [0.15, 0.2) is 0 Å². The van der Waals surface area contributed by atoms with Crippen molar-refractivity contribution in [3.8, 4) is 0 Å². The van der Waals surface area contributed by atoms with Crippen LogP contribution in [-0.4, -0.2) is 47.4 Å². The summed E-state index contributed by atoms with van der Waals surface area (Å²) >= 11 is 0. The second kappa shape index (κ2) is 5.82. The molecule has 1 amide bonds. The number of amides is 1. The van der Waals surface area contributed by atoms with Crippen LogP contribution in [0, 0.1) is 11.8 Å². The monoisotopic (exact) mass is 266 g/mol. The highest BCUT2D eigenvalue weighted by Gasteiger charge is 2.40. The fraction of sp³-hybridized carbons (Fsp3) is 0.938. The first-order chi connectivity index (χ1) is 8.93. The molecule has 3 nitrogen and oxygen atoms in total. The van der Waals surface area contributed by atoms with Crippen LogP contribution in [-0.2, 0) is 4.79 Å². The van der Waals surface area contributed by atoms with Crippen LogP contribution in [0.5, 0.6) is 0 Å². The summed E-state index contributed by atoms with van der Waals surface area (Å²) < 4.78 is 0. The first-order valence-electron chi connectivity index (χ1n) is 7.97. The predicted molar refractivity (Wildman–Crippen MR) is 79.0 cm³/mol. The number of carbonyl (C=O) groups excluding carboxylic acids is 1. The summed E-state index contributed by atoms with van der Waals surface area (Å²) in [5.41, 5.74) is -0.313. The second-order valence-corrected chi connectivity index (χ2v) is 7.13. The Morgan fingerprint density at radius 1 is 1.05 bits per heavy atom. The third-order valence-corrected chi connectivity index (χ3v) is 5.19. The van der Waals surface area contributed by atoms with Crippen LogP contribution in [0.3, 0.4) is 0 Å². The Morgan fingerprint density at radius 2 is 1.58 bits per heavy atom. The normalized spacial score (nSPS) is 23.3. The smallest absolute Gasteiger partial charge is 0.242 e. The molecule has 0 aromatic rings. The van der Waals surface area contributed by atoms with E-state index in [0.717, 1.165) is 38.0 Å². The van der Waals surface area contributed by atoms with E-state index >= 15 is 0 Å². The molecule has 0 aliphatic carbocycles. The Kier molecular flexibility index (Phi) is 4.54. The summed E-state index contributed by atoms with van der Waals surface area (Å²) in [5.74, 6) is 1.96. The van der Waals surface area contributed by atoms with E-state index in [-0.39, 0.29) is 5.54 Å². The van der Waals surface area contributed by atoms with Gasteiger partial charge in [0.2, 0.25) is 5.91 Å². The fourth-order valence-electron chi connectivity index (χ4n) is 3.57. The molecule has 0 aromatic heterocycles. The van der Waals surface area contributed by atoms with E-state index in [4.69, 9.17) is 0 Å². The molecule has 0 unspecified atom stereocenters. The molecule has 2 fully saturated rings. The standard InChI is InChI=1S/C16H30N2O/c1-13(2)14-7-11-18(12-8-14)16(3,4)15(19)17-9-5-6-10-17/h13-14H,5-12H2,1-4H3. The molecule has 0 atom stereocenters. The van der Waals surface area contributed by atoms with Gasteiger partial charge in [0.25, 0.3) is 0 Å². The lowest BCUT2D eigenvalue weighted by atomic mass is 9.84. The Morgan fingerprint density at radius 3 is 2.05 bits per heavy atom. The van der Waals surface area contributed by atoms with Crippen molar-refractivity contribution in [1.29, 1.82) is 0 Å². The summed E-state index contributed by atoms with van der Waals surface area (Å²) in [7, 11) is 0. The molecule has 110 valence electrons.